The number of hydrogen-bond donors (Lipinski definition) is 0. The van der Waals surface area contributed by atoms with Gasteiger partial charge in [-0.25, -0.2) is 12.8 Å². The Bertz CT molecular complexity index is 864. The Morgan fingerprint density at radius 3 is 2.68 bits per heavy atom. The first-order valence-electron chi connectivity index (χ1n) is 7.88. The van der Waals surface area contributed by atoms with Crippen molar-refractivity contribution >= 4 is 15.7 Å². The van der Waals surface area contributed by atoms with Crippen LogP contribution < -0.4 is 0 Å². The molecule has 1 aromatic carbocycles. The lowest BCUT2D eigenvalue weighted by Gasteiger charge is -2.23. The van der Waals surface area contributed by atoms with E-state index in [4.69, 9.17) is 4.42 Å². The molecule has 1 unspecified atom stereocenters. The van der Waals surface area contributed by atoms with E-state index in [-0.39, 0.29) is 48.0 Å². The average molecular weight is 367 g/mol. The highest BCUT2D eigenvalue weighted by atomic mass is 32.2. The van der Waals surface area contributed by atoms with Crippen LogP contribution in [0, 0.1) is 5.82 Å². The zero-order valence-corrected chi connectivity index (χ0v) is 14.5. The monoisotopic (exact) mass is 367 g/mol. The fourth-order valence-corrected chi connectivity index (χ4v) is 4.51. The zero-order valence-electron chi connectivity index (χ0n) is 13.7. The third kappa shape index (κ3) is 4.22. The second kappa shape index (κ2) is 6.91. The van der Waals surface area contributed by atoms with Gasteiger partial charge in [-0.15, -0.1) is 10.2 Å². The van der Waals surface area contributed by atoms with Crippen molar-refractivity contribution in [2.24, 2.45) is 0 Å². The number of aryl methyl sites for hydroxylation is 1. The van der Waals surface area contributed by atoms with Crippen molar-refractivity contribution < 1.29 is 22.0 Å². The van der Waals surface area contributed by atoms with Gasteiger partial charge in [0.15, 0.2) is 9.84 Å². The predicted octanol–water partition coefficient (Wildman–Crippen LogP) is 1.45. The van der Waals surface area contributed by atoms with Crippen LogP contribution in [0.5, 0.6) is 0 Å². The molecule has 1 atom stereocenters. The van der Waals surface area contributed by atoms with Gasteiger partial charge in [-0.3, -0.25) is 4.79 Å². The number of hydrogen-bond acceptors (Lipinski definition) is 6. The molecular weight excluding hydrogens is 349 g/mol. The molecule has 1 aromatic heterocycles. The summed E-state index contributed by atoms with van der Waals surface area (Å²) in [6.45, 7) is 0. The molecule has 1 fully saturated rings. The van der Waals surface area contributed by atoms with Gasteiger partial charge in [0, 0.05) is 31.5 Å². The normalized spacial score (nSPS) is 19.0. The van der Waals surface area contributed by atoms with E-state index in [1.54, 1.807) is 7.05 Å². The highest BCUT2D eigenvalue weighted by Gasteiger charge is 2.32. The lowest BCUT2D eigenvalue weighted by Crippen LogP contribution is -2.37. The van der Waals surface area contributed by atoms with Crippen LogP contribution in [0.15, 0.2) is 28.7 Å². The molecule has 0 aliphatic carbocycles. The van der Waals surface area contributed by atoms with Crippen molar-refractivity contribution in [3.63, 3.8) is 0 Å². The molecule has 0 spiro atoms. The summed E-state index contributed by atoms with van der Waals surface area (Å²) < 4.78 is 41.4. The Balaban J connectivity index is 1.57. The van der Waals surface area contributed by atoms with E-state index in [1.165, 1.54) is 29.2 Å². The molecule has 7 nitrogen and oxygen atoms in total. The van der Waals surface area contributed by atoms with Crippen molar-refractivity contribution in [3.05, 3.63) is 36.0 Å². The molecule has 1 amide bonds. The molecule has 0 radical (unpaired) electrons. The third-order valence-corrected chi connectivity index (χ3v) is 6.01. The van der Waals surface area contributed by atoms with E-state index in [9.17, 15) is 17.6 Å². The van der Waals surface area contributed by atoms with E-state index in [2.05, 4.69) is 10.2 Å². The average Bonchev–Trinajstić information content (AvgIpc) is 3.19. The first kappa shape index (κ1) is 17.5. The summed E-state index contributed by atoms with van der Waals surface area (Å²) in [7, 11) is -1.42. The molecule has 3 rings (SSSR count). The number of halogens is 1. The van der Waals surface area contributed by atoms with Crippen LogP contribution >= 0.6 is 0 Å². The first-order chi connectivity index (χ1) is 11.8. The van der Waals surface area contributed by atoms with Gasteiger partial charge in [0.2, 0.25) is 17.7 Å². The number of carbonyl (C=O) groups excluding carboxylic acids is 1. The van der Waals surface area contributed by atoms with E-state index in [0.717, 1.165) is 0 Å². The molecule has 9 heteroatoms. The van der Waals surface area contributed by atoms with E-state index >= 15 is 0 Å². The van der Waals surface area contributed by atoms with Crippen LogP contribution in [-0.4, -0.2) is 54.0 Å². The maximum Gasteiger partial charge on any atom is 0.247 e. The van der Waals surface area contributed by atoms with Crippen molar-refractivity contribution in [1.29, 1.82) is 0 Å². The molecule has 0 bridgehead atoms. The van der Waals surface area contributed by atoms with Gasteiger partial charge in [-0.1, -0.05) is 0 Å². The number of rotatable bonds is 5. The molecular formula is C16H18FN3O4S. The maximum atomic E-state index is 12.9. The Hall–Kier alpha value is -2.29. The summed E-state index contributed by atoms with van der Waals surface area (Å²) in [6.07, 6.45) is 0.884. The third-order valence-electron chi connectivity index (χ3n) is 4.26. The minimum absolute atomic E-state index is 0.0184. The molecule has 1 aliphatic rings. The van der Waals surface area contributed by atoms with Crippen LogP contribution in [0.25, 0.3) is 11.5 Å². The number of aromatic nitrogens is 2. The lowest BCUT2D eigenvalue weighted by atomic mass is 10.2. The van der Waals surface area contributed by atoms with Gasteiger partial charge in [0.25, 0.3) is 0 Å². The Labute approximate surface area is 144 Å². The van der Waals surface area contributed by atoms with Crippen LogP contribution in [0.4, 0.5) is 4.39 Å². The van der Waals surface area contributed by atoms with Gasteiger partial charge < -0.3 is 9.32 Å². The summed E-state index contributed by atoms with van der Waals surface area (Å²) in [5.74, 6) is 0.192. The second-order valence-corrected chi connectivity index (χ2v) is 8.30. The fraction of sp³-hybridized carbons (Fsp3) is 0.438. The van der Waals surface area contributed by atoms with Gasteiger partial charge in [-0.2, -0.15) is 0 Å². The van der Waals surface area contributed by atoms with E-state index in [1.807, 2.05) is 0 Å². The molecule has 1 aliphatic heterocycles. The summed E-state index contributed by atoms with van der Waals surface area (Å²) in [4.78, 5) is 13.7. The molecule has 134 valence electrons. The quantitative estimate of drug-likeness (QED) is 0.794. The minimum atomic E-state index is -3.03. The number of sulfone groups is 1. The molecule has 25 heavy (non-hydrogen) atoms. The van der Waals surface area contributed by atoms with Crippen molar-refractivity contribution in [2.45, 2.75) is 25.3 Å². The zero-order chi connectivity index (χ0) is 18.0. The summed E-state index contributed by atoms with van der Waals surface area (Å²) in [5, 5.41) is 7.78. The topological polar surface area (TPSA) is 93.4 Å². The van der Waals surface area contributed by atoms with Crippen LogP contribution in [0.2, 0.25) is 0 Å². The number of benzene rings is 1. The van der Waals surface area contributed by atoms with Crippen LogP contribution in [0.1, 0.15) is 18.7 Å². The summed E-state index contributed by atoms with van der Waals surface area (Å²) >= 11 is 0. The smallest absolute Gasteiger partial charge is 0.247 e. The molecule has 2 heterocycles. The molecule has 1 saturated heterocycles. The first-order valence-corrected chi connectivity index (χ1v) is 9.70. The van der Waals surface area contributed by atoms with E-state index < -0.39 is 9.84 Å². The SMILES string of the molecule is CN(C(=O)CCc1nnc(-c2ccc(F)cc2)o1)C1CCS(=O)(=O)C1. The Kier molecular flexibility index (Phi) is 4.85. The van der Waals surface area contributed by atoms with Gasteiger partial charge in [0.05, 0.1) is 11.5 Å². The highest BCUT2D eigenvalue weighted by molar-refractivity contribution is 7.91. The predicted molar refractivity (Wildman–Crippen MR) is 87.8 cm³/mol. The number of nitrogens with zero attached hydrogens (tertiary/aromatic N) is 3. The fourth-order valence-electron chi connectivity index (χ4n) is 2.74. The van der Waals surface area contributed by atoms with Crippen molar-refractivity contribution in [2.75, 3.05) is 18.6 Å². The largest absolute Gasteiger partial charge is 0.421 e. The van der Waals surface area contributed by atoms with Crippen LogP contribution in [-0.2, 0) is 21.1 Å². The van der Waals surface area contributed by atoms with Crippen molar-refractivity contribution in [3.8, 4) is 11.5 Å². The van der Waals surface area contributed by atoms with Crippen LogP contribution in [0.3, 0.4) is 0 Å². The Morgan fingerprint density at radius 2 is 2.04 bits per heavy atom. The highest BCUT2D eigenvalue weighted by Crippen LogP contribution is 2.20. The minimum Gasteiger partial charge on any atom is -0.421 e. The van der Waals surface area contributed by atoms with Gasteiger partial charge in [-0.05, 0) is 30.7 Å². The number of carbonyl (C=O) groups is 1. The molecule has 0 N–H and O–H groups in total. The summed E-state index contributed by atoms with van der Waals surface area (Å²) in [6, 6.07) is 5.40. The molecule has 2 aromatic rings. The Morgan fingerprint density at radius 1 is 1.32 bits per heavy atom. The maximum absolute atomic E-state index is 12.9. The van der Waals surface area contributed by atoms with E-state index in [0.29, 0.717) is 17.9 Å². The van der Waals surface area contributed by atoms with Gasteiger partial charge >= 0.3 is 0 Å². The standard InChI is InChI=1S/C16H18FN3O4S/c1-20(13-8-9-25(22,23)10-13)15(21)7-6-14-18-19-16(24-14)11-2-4-12(17)5-3-11/h2-5,13H,6-10H2,1H3. The number of amides is 1. The lowest BCUT2D eigenvalue weighted by molar-refractivity contribution is -0.131. The van der Waals surface area contributed by atoms with Gasteiger partial charge in [0.1, 0.15) is 5.82 Å². The summed E-state index contributed by atoms with van der Waals surface area (Å²) in [5.41, 5.74) is 0.597. The second-order valence-electron chi connectivity index (χ2n) is 6.07. The van der Waals surface area contributed by atoms with Crippen molar-refractivity contribution in [1.82, 2.24) is 15.1 Å². The molecule has 0 saturated carbocycles.